The maximum Gasteiger partial charge on any atom is 0.407 e. The average Bonchev–Trinajstić information content (AvgIpc) is 3.61. The smallest absolute Gasteiger partial charge is 0.407 e. The van der Waals surface area contributed by atoms with Gasteiger partial charge in [0.05, 0.1) is 24.1 Å². The number of nitrogens with one attached hydrogen (secondary N) is 6. The van der Waals surface area contributed by atoms with Crippen LogP contribution in [-0.2, 0) is 45.8 Å². The number of carbonyl (C=O) groups excluding carboxylic acids is 6. The quantitative estimate of drug-likeness (QED) is 0.0948. The number of hydrogen-bond donors (Lipinski definition) is 6. The molecule has 5 amide bonds. The lowest BCUT2D eigenvalue weighted by atomic mass is 9.83. The van der Waals surface area contributed by atoms with Gasteiger partial charge in [-0.2, -0.15) is 0 Å². The second-order valence-corrected chi connectivity index (χ2v) is 18.1. The normalized spacial score (nSPS) is 15.5. The Labute approximate surface area is 348 Å². The average molecular weight is 845 g/mol. The third-order valence-corrected chi connectivity index (χ3v) is 11.4. The summed E-state index contributed by atoms with van der Waals surface area (Å²) < 4.78 is 34.9. The summed E-state index contributed by atoms with van der Waals surface area (Å²) in [5.41, 5.74) is 0.513. The second kappa shape index (κ2) is 23.1. The number of nitrogens with zero attached hydrogens (tertiary/aromatic N) is 2. The number of Topliss-reactive ketones (excluding diaryl/α,β-unsaturated/α-hetero) is 1. The maximum absolute atomic E-state index is 13.8. The van der Waals surface area contributed by atoms with Gasteiger partial charge in [0, 0.05) is 25.5 Å². The van der Waals surface area contributed by atoms with E-state index in [2.05, 4.69) is 36.3 Å². The molecular weight excluding hydrogens is 781 g/mol. The topological polar surface area (TPSA) is 236 Å². The first-order chi connectivity index (χ1) is 27.8. The summed E-state index contributed by atoms with van der Waals surface area (Å²) in [6.45, 7) is 12.3. The van der Waals surface area contributed by atoms with Crippen LogP contribution in [0.15, 0.2) is 41.6 Å². The molecule has 0 bridgehead atoms. The number of aryl methyl sites for hydroxylation is 1. The highest BCUT2D eigenvalue weighted by Gasteiger charge is 2.36. The highest BCUT2D eigenvalue weighted by Crippen LogP contribution is 2.27. The van der Waals surface area contributed by atoms with Crippen LogP contribution in [0.2, 0.25) is 0 Å². The van der Waals surface area contributed by atoms with Gasteiger partial charge in [-0.1, -0.05) is 72.4 Å². The number of ether oxygens (including phenoxy) is 1. The first-order valence-corrected chi connectivity index (χ1v) is 22.1. The Hall–Kier alpha value is -4.84. The minimum Gasteiger partial charge on any atom is -0.449 e. The number of amides is 5. The van der Waals surface area contributed by atoms with Crippen LogP contribution in [0.4, 0.5) is 4.79 Å². The van der Waals surface area contributed by atoms with Crippen LogP contribution in [0.25, 0.3) is 0 Å². The molecule has 2 aromatic rings. The van der Waals surface area contributed by atoms with E-state index in [-0.39, 0.29) is 48.1 Å². The van der Waals surface area contributed by atoms with E-state index in [1.165, 1.54) is 18.3 Å². The molecule has 1 fully saturated rings. The Bertz CT molecular complexity index is 1840. The fraction of sp³-hybridized carbons (Fsp3) is 0.634. The fourth-order valence-electron chi connectivity index (χ4n) is 6.86. The van der Waals surface area contributed by atoms with Crippen LogP contribution in [0, 0.1) is 17.8 Å². The molecule has 1 aromatic carbocycles. The molecule has 6 N–H and O–H groups in total. The van der Waals surface area contributed by atoms with E-state index in [9.17, 15) is 37.2 Å². The molecule has 0 saturated heterocycles. The van der Waals surface area contributed by atoms with Crippen molar-refractivity contribution in [1.29, 1.82) is 0 Å². The summed E-state index contributed by atoms with van der Waals surface area (Å²) in [7, 11) is -2.04. The first-order valence-electron chi connectivity index (χ1n) is 20.6. The van der Waals surface area contributed by atoms with Gasteiger partial charge in [-0.25, -0.2) is 22.9 Å². The molecule has 4 unspecified atom stereocenters. The minimum absolute atomic E-state index is 0.0389. The summed E-state index contributed by atoms with van der Waals surface area (Å²) in [5.74, 6) is -3.59. The Balaban J connectivity index is 1.70. The SMILES string of the molecule is CCCC(NC(=O)C(CC(C)C)NC(=O)C(NC(=O)OCC(C)C)C1CCCCC1)C(=O)C(=O)NCC(=O)NC(c1ccc(S(=O)(=O)NC(C)C)cc1)c1nccn1C. The molecule has 17 nitrogen and oxygen atoms in total. The highest BCUT2D eigenvalue weighted by atomic mass is 32.2. The molecule has 1 aromatic heterocycles. The van der Waals surface area contributed by atoms with Gasteiger partial charge in [-0.15, -0.1) is 0 Å². The predicted molar refractivity (Wildman–Crippen MR) is 221 cm³/mol. The van der Waals surface area contributed by atoms with Crippen molar-refractivity contribution >= 4 is 45.5 Å². The van der Waals surface area contributed by atoms with Crippen LogP contribution in [0.1, 0.15) is 117 Å². The molecule has 18 heteroatoms. The summed E-state index contributed by atoms with van der Waals surface area (Å²) >= 11 is 0. The highest BCUT2D eigenvalue weighted by molar-refractivity contribution is 7.89. The largest absolute Gasteiger partial charge is 0.449 e. The van der Waals surface area contributed by atoms with Crippen LogP contribution in [0.3, 0.4) is 0 Å². The summed E-state index contributed by atoms with van der Waals surface area (Å²) in [6, 6.07) is 1.52. The standard InChI is InChI=1S/C41H64N8O9S/c1-9-13-31(44-38(52)32(22-25(2)3)45-39(53)35(28-14-11-10-12-15-28)47-41(55)58-24-26(4)5)36(51)40(54)43-23-33(50)46-34(37-42-20-21-49(37)8)29-16-18-30(19-17-29)59(56,57)48-27(6)7/h16-21,25-28,31-32,34-35,48H,9-15,22-24H2,1-8H3,(H,43,54)(H,44,52)(H,45,53)(H,46,50)(H,47,55). The third kappa shape index (κ3) is 15.4. The van der Waals surface area contributed by atoms with Crippen LogP contribution in [-0.4, -0.2) is 90.8 Å². The van der Waals surface area contributed by atoms with Crippen LogP contribution in [0.5, 0.6) is 0 Å². The van der Waals surface area contributed by atoms with Crippen molar-refractivity contribution in [2.75, 3.05) is 13.2 Å². The lowest BCUT2D eigenvalue weighted by molar-refractivity contribution is -0.141. The Morgan fingerprint density at radius 3 is 2.05 bits per heavy atom. The molecule has 1 aliphatic rings. The minimum atomic E-state index is -3.76. The number of ketones is 1. The zero-order valence-electron chi connectivity index (χ0n) is 35.6. The van der Waals surface area contributed by atoms with Gasteiger partial charge in [-0.05, 0) is 75.0 Å². The molecule has 0 spiro atoms. The third-order valence-electron chi connectivity index (χ3n) is 9.75. The van der Waals surface area contributed by atoms with Crippen LogP contribution >= 0.6 is 0 Å². The molecule has 1 saturated carbocycles. The van der Waals surface area contributed by atoms with E-state index in [4.69, 9.17) is 4.74 Å². The molecule has 0 aliphatic heterocycles. The summed E-state index contributed by atoms with van der Waals surface area (Å²) in [6.07, 6.45) is 7.55. The van der Waals surface area contributed by atoms with Gasteiger partial charge in [0.2, 0.25) is 33.5 Å². The monoisotopic (exact) mass is 844 g/mol. The predicted octanol–water partition coefficient (Wildman–Crippen LogP) is 3.14. The summed E-state index contributed by atoms with van der Waals surface area (Å²) in [5, 5.41) is 13.3. The number of hydrogen-bond acceptors (Lipinski definition) is 10. The van der Waals surface area contributed by atoms with Crippen molar-refractivity contribution in [3.63, 3.8) is 0 Å². The zero-order chi connectivity index (χ0) is 43.9. The first kappa shape index (κ1) is 48.5. The molecule has 328 valence electrons. The maximum atomic E-state index is 13.8. The number of rotatable bonds is 22. The number of benzene rings is 1. The molecule has 4 atom stereocenters. The van der Waals surface area contributed by atoms with Gasteiger partial charge in [0.1, 0.15) is 23.9 Å². The van der Waals surface area contributed by atoms with E-state index in [0.29, 0.717) is 17.8 Å². The van der Waals surface area contributed by atoms with Gasteiger partial charge in [0.25, 0.3) is 5.91 Å². The van der Waals surface area contributed by atoms with Crippen molar-refractivity contribution < 1.29 is 41.9 Å². The van der Waals surface area contributed by atoms with Gasteiger partial charge in [0.15, 0.2) is 0 Å². The Kier molecular flexibility index (Phi) is 19.0. The van der Waals surface area contributed by atoms with Gasteiger partial charge in [-0.3, -0.25) is 24.0 Å². The number of sulfonamides is 1. The molecule has 1 heterocycles. The van der Waals surface area contributed by atoms with E-state index in [0.717, 1.165) is 32.1 Å². The number of alkyl carbamates (subject to hydrolysis) is 1. The van der Waals surface area contributed by atoms with E-state index in [1.54, 1.807) is 50.7 Å². The second-order valence-electron chi connectivity index (χ2n) is 16.3. The summed E-state index contributed by atoms with van der Waals surface area (Å²) in [4.78, 5) is 84.6. The Morgan fingerprint density at radius 1 is 0.847 bits per heavy atom. The lowest BCUT2D eigenvalue weighted by Gasteiger charge is -2.31. The van der Waals surface area contributed by atoms with Crippen molar-refractivity contribution in [2.45, 2.75) is 135 Å². The molecule has 0 radical (unpaired) electrons. The van der Waals surface area contributed by atoms with E-state index in [1.807, 2.05) is 27.7 Å². The molecule has 3 rings (SSSR count). The zero-order valence-corrected chi connectivity index (χ0v) is 36.4. The number of carbonyl (C=O) groups is 6. The number of aromatic nitrogens is 2. The molecule has 59 heavy (non-hydrogen) atoms. The Morgan fingerprint density at radius 2 is 1.49 bits per heavy atom. The van der Waals surface area contributed by atoms with Gasteiger partial charge >= 0.3 is 6.09 Å². The lowest BCUT2D eigenvalue weighted by Crippen LogP contribution is -2.58. The molecule has 1 aliphatic carbocycles. The van der Waals surface area contributed by atoms with Gasteiger partial charge < -0.3 is 35.9 Å². The van der Waals surface area contributed by atoms with Crippen LogP contribution < -0.4 is 31.3 Å². The van der Waals surface area contributed by atoms with Crippen molar-refractivity contribution in [2.24, 2.45) is 24.8 Å². The fourth-order valence-corrected chi connectivity index (χ4v) is 8.11. The van der Waals surface area contributed by atoms with Crippen molar-refractivity contribution in [3.05, 3.63) is 48.0 Å². The van der Waals surface area contributed by atoms with Crippen molar-refractivity contribution in [3.8, 4) is 0 Å². The van der Waals surface area contributed by atoms with E-state index < -0.39 is 76.2 Å². The van der Waals surface area contributed by atoms with E-state index >= 15 is 0 Å². The number of imidazole rings is 1. The van der Waals surface area contributed by atoms with Crippen molar-refractivity contribution in [1.82, 2.24) is 40.9 Å². The molecular formula is C41H64N8O9S.